The first-order valence-corrected chi connectivity index (χ1v) is 11.9. The molecule has 0 radical (unpaired) electrons. The quantitative estimate of drug-likeness (QED) is 0.649. The van der Waals surface area contributed by atoms with Crippen LogP contribution in [0, 0.1) is 34.5 Å². The Morgan fingerprint density at radius 1 is 0.929 bits per heavy atom. The molecule has 0 heterocycles. The SMILES string of the molecule is C[C@@]12CCCC1C1CCC3C[C@H](NC(=O)c4ccccc4)CC[C@]3(C)C1CC2. The molecule has 0 spiro atoms. The smallest absolute Gasteiger partial charge is 0.251 e. The van der Waals surface area contributed by atoms with E-state index in [0.717, 1.165) is 35.7 Å². The lowest BCUT2D eigenvalue weighted by Gasteiger charge is -2.60. The second-order valence-electron chi connectivity index (χ2n) is 11.1. The van der Waals surface area contributed by atoms with Crippen molar-refractivity contribution in [2.45, 2.75) is 84.1 Å². The van der Waals surface area contributed by atoms with E-state index in [1.807, 2.05) is 30.3 Å². The van der Waals surface area contributed by atoms with E-state index >= 15 is 0 Å². The first-order valence-electron chi connectivity index (χ1n) is 11.9. The fourth-order valence-electron chi connectivity index (χ4n) is 8.24. The topological polar surface area (TPSA) is 29.1 Å². The fraction of sp³-hybridized carbons (Fsp3) is 0.731. The van der Waals surface area contributed by atoms with Gasteiger partial charge in [-0.15, -0.1) is 0 Å². The van der Waals surface area contributed by atoms with Gasteiger partial charge < -0.3 is 5.32 Å². The highest BCUT2D eigenvalue weighted by Crippen LogP contribution is 2.66. The van der Waals surface area contributed by atoms with Crippen molar-refractivity contribution in [2.75, 3.05) is 0 Å². The van der Waals surface area contributed by atoms with E-state index in [2.05, 4.69) is 19.2 Å². The molecule has 7 atom stereocenters. The molecule has 2 heteroatoms. The molecular formula is C26H37NO. The summed E-state index contributed by atoms with van der Waals surface area (Å²) in [5, 5.41) is 3.36. The predicted molar refractivity (Wildman–Crippen MR) is 114 cm³/mol. The van der Waals surface area contributed by atoms with Crippen molar-refractivity contribution in [1.29, 1.82) is 0 Å². The lowest BCUT2D eigenvalue weighted by atomic mass is 9.45. The molecule has 1 N–H and O–H groups in total. The molecule has 4 aliphatic rings. The number of hydrogen-bond acceptors (Lipinski definition) is 1. The second kappa shape index (κ2) is 6.89. The van der Waals surface area contributed by atoms with E-state index < -0.39 is 0 Å². The van der Waals surface area contributed by atoms with Crippen molar-refractivity contribution in [2.24, 2.45) is 34.5 Å². The number of benzene rings is 1. The third kappa shape index (κ3) is 2.94. The minimum atomic E-state index is 0.113. The Hall–Kier alpha value is -1.31. The average Bonchev–Trinajstić information content (AvgIpc) is 3.11. The molecule has 1 amide bonds. The first kappa shape index (κ1) is 18.7. The molecule has 5 rings (SSSR count). The Balaban J connectivity index is 1.28. The van der Waals surface area contributed by atoms with Gasteiger partial charge in [0.25, 0.3) is 5.91 Å². The van der Waals surface area contributed by atoms with Crippen LogP contribution < -0.4 is 5.32 Å². The first-order chi connectivity index (χ1) is 13.5. The van der Waals surface area contributed by atoms with Crippen molar-refractivity contribution >= 4 is 5.91 Å². The largest absolute Gasteiger partial charge is 0.349 e. The van der Waals surface area contributed by atoms with Gasteiger partial charge in [0, 0.05) is 11.6 Å². The zero-order valence-corrected chi connectivity index (χ0v) is 17.8. The Labute approximate surface area is 170 Å². The Morgan fingerprint density at radius 2 is 1.75 bits per heavy atom. The summed E-state index contributed by atoms with van der Waals surface area (Å²) in [6.45, 7) is 5.23. The van der Waals surface area contributed by atoms with Crippen LogP contribution in [-0.4, -0.2) is 11.9 Å². The summed E-state index contributed by atoms with van der Waals surface area (Å²) in [6, 6.07) is 10.1. The molecule has 4 fully saturated rings. The molecule has 0 saturated heterocycles. The standard InChI is InChI=1S/C26H37NO/c1-25-14-6-9-22(25)21-11-10-19-17-20(12-16-26(19,2)23(21)13-15-25)27-24(28)18-7-4-3-5-8-18/h3-5,7-8,19-23H,6,9-17H2,1-2H3,(H,27,28)/t19?,20-,21?,22?,23?,25+,26+/m1/s1. The Kier molecular flexibility index (Phi) is 4.60. The number of nitrogens with one attached hydrogen (secondary N) is 1. The van der Waals surface area contributed by atoms with E-state index in [0.29, 0.717) is 16.9 Å². The molecule has 1 aromatic carbocycles. The van der Waals surface area contributed by atoms with Crippen LogP contribution in [0.25, 0.3) is 0 Å². The van der Waals surface area contributed by atoms with Crippen molar-refractivity contribution in [1.82, 2.24) is 5.32 Å². The predicted octanol–water partition coefficient (Wildman–Crippen LogP) is 6.22. The number of carbonyl (C=O) groups excluding carboxylic acids is 1. The van der Waals surface area contributed by atoms with Crippen molar-refractivity contribution in [3.05, 3.63) is 35.9 Å². The maximum atomic E-state index is 12.6. The summed E-state index contributed by atoms with van der Waals surface area (Å²) in [5.74, 6) is 3.84. The Bertz CT molecular complexity index is 729. The molecule has 4 unspecified atom stereocenters. The summed E-state index contributed by atoms with van der Waals surface area (Å²) >= 11 is 0. The fourth-order valence-corrected chi connectivity index (χ4v) is 8.24. The van der Waals surface area contributed by atoms with Crippen LogP contribution in [0.1, 0.15) is 88.4 Å². The normalized spacial score (nSPS) is 44.9. The summed E-state index contributed by atoms with van der Waals surface area (Å²) in [4.78, 5) is 12.6. The number of carbonyl (C=O) groups is 1. The molecule has 0 aromatic heterocycles. The van der Waals surface area contributed by atoms with Crippen LogP contribution in [0.3, 0.4) is 0 Å². The van der Waals surface area contributed by atoms with Crippen LogP contribution in [-0.2, 0) is 0 Å². The molecule has 152 valence electrons. The highest BCUT2D eigenvalue weighted by Gasteiger charge is 2.57. The van der Waals surface area contributed by atoms with Gasteiger partial charge in [-0.25, -0.2) is 0 Å². The highest BCUT2D eigenvalue weighted by atomic mass is 16.1. The minimum absolute atomic E-state index is 0.113. The van der Waals surface area contributed by atoms with Gasteiger partial charge in [0.15, 0.2) is 0 Å². The van der Waals surface area contributed by atoms with Crippen LogP contribution in [0.4, 0.5) is 0 Å². The molecule has 2 nitrogen and oxygen atoms in total. The monoisotopic (exact) mass is 379 g/mol. The van der Waals surface area contributed by atoms with Gasteiger partial charge in [-0.3, -0.25) is 4.79 Å². The van der Waals surface area contributed by atoms with Crippen LogP contribution in [0.5, 0.6) is 0 Å². The molecular weight excluding hydrogens is 342 g/mol. The summed E-state index contributed by atoms with van der Waals surface area (Å²) < 4.78 is 0. The lowest BCUT2D eigenvalue weighted by molar-refractivity contribution is -0.106. The second-order valence-corrected chi connectivity index (χ2v) is 11.1. The van der Waals surface area contributed by atoms with Crippen LogP contribution in [0.15, 0.2) is 30.3 Å². The van der Waals surface area contributed by atoms with E-state index in [9.17, 15) is 4.79 Å². The summed E-state index contributed by atoms with van der Waals surface area (Å²) in [7, 11) is 0. The third-order valence-electron chi connectivity index (χ3n) is 9.82. The van der Waals surface area contributed by atoms with E-state index in [-0.39, 0.29) is 5.91 Å². The number of fused-ring (bicyclic) bond motifs is 5. The van der Waals surface area contributed by atoms with Crippen molar-refractivity contribution in [3.63, 3.8) is 0 Å². The molecule has 28 heavy (non-hydrogen) atoms. The molecule has 1 aromatic rings. The third-order valence-corrected chi connectivity index (χ3v) is 9.82. The van der Waals surface area contributed by atoms with Gasteiger partial charge in [-0.2, -0.15) is 0 Å². The van der Waals surface area contributed by atoms with Gasteiger partial charge in [-0.05, 0) is 104 Å². The Morgan fingerprint density at radius 3 is 2.57 bits per heavy atom. The molecule has 4 saturated carbocycles. The van der Waals surface area contributed by atoms with E-state index in [4.69, 9.17) is 0 Å². The summed E-state index contributed by atoms with van der Waals surface area (Å²) in [5.41, 5.74) is 1.97. The average molecular weight is 380 g/mol. The van der Waals surface area contributed by atoms with Crippen LogP contribution in [0.2, 0.25) is 0 Å². The van der Waals surface area contributed by atoms with Gasteiger partial charge in [0.05, 0.1) is 0 Å². The number of hydrogen-bond donors (Lipinski definition) is 1. The minimum Gasteiger partial charge on any atom is -0.349 e. The molecule has 4 aliphatic carbocycles. The maximum Gasteiger partial charge on any atom is 0.251 e. The van der Waals surface area contributed by atoms with Gasteiger partial charge >= 0.3 is 0 Å². The van der Waals surface area contributed by atoms with Crippen molar-refractivity contribution in [3.8, 4) is 0 Å². The lowest BCUT2D eigenvalue weighted by Crippen LogP contribution is -2.54. The maximum absolute atomic E-state index is 12.6. The van der Waals surface area contributed by atoms with Crippen molar-refractivity contribution < 1.29 is 4.79 Å². The van der Waals surface area contributed by atoms with E-state index in [1.165, 1.54) is 57.8 Å². The zero-order valence-electron chi connectivity index (χ0n) is 17.8. The number of rotatable bonds is 2. The summed E-state index contributed by atoms with van der Waals surface area (Å²) in [6.07, 6.45) is 13.9. The van der Waals surface area contributed by atoms with E-state index in [1.54, 1.807) is 0 Å². The van der Waals surface area contributed by atoms with Gasteiger partial charge in [0.1, 0.15) is 0 Å². The van der Waals surface area contributed by atoms with Gasteiger partial charge in [-0.1, -0.05) is 38.5 Å². The van der Waals surface area contributed by atoms with Crippen LogP contribution >= 0.6 is 0 Å². The molecule has 0 aliphatic heterocycles. The molecule has 0 bridgehead atoms. The van der Waals surface area contributed by atoms with Gasteiger partial charge in [0.2, 0.25) is 0 Å². The highest BCUT2D eigenvalue weighted by molar-refractivity contribution is 5.94. The number of amides is 1. The zero-order chi connectivity index (χ0) is 19.4.